The molecule has 1 aromatic rings. The summed E-state index contributed by atoms with van der Waals surface area (Å²) in [5.74, 6) is 0.431. The molecule has 0 bridgehead atoms. The van der Waals surface area contributed by atoms with Crippen LogP contribution in [0.15, 0.2) is 16.6 Å². The molecule has 0 saturated carbocycles. The van der Waals surface area contributed by atoms with Gasteiger partial charge < -0.3 is 11.1 Å². The van der Waals surface area contributed by atoms with E-state index in [-0.39, 0.29) is 11.3 Å². The van der Waals surface area contributed by atoms with Crippen molar-refractivity contribution in [2.75, 3.05) is 12.3 Å². The van der Waals surface area contributed by atoms with Gasteiger partial charge in [-0.1, -0.05) is 43.6 Å². The predicted octanol–water partition coefficient (Wildman–Crippen LogP) is 3.75. The molecule has 0 heterocycles. The fraction of sp³-hybridized carbons (Fsp3) is 0.533. The lowest BCUT2D eigenvalue weighted by Crippen LogP contribution is -2.37. The lowest BCUT2D eigenvalue weighted by Gasteiger charge is -2.29. The van der Waals surface area contributed by atoms with Gasteiger partial charge >= 0.3 is 0 Å². The van der Waals surface area contributed by atoms with Crippen LogP contribution in [0.3, 0.4) is 0 Å². The maximum absolute atomic E-state index is 12.3. The quantitative estimate of drug-likeness (QED) is 0.828. The minimum atomic E-state index is -0.0702. The Balaban J connectivity index is 2.86. The van der Waals surface area contributed by atoms with Crippen LogP contribution in [0.4, 0.5) is 5.69 Å². The number of amides is 1. The van der Waals surface area contributed by atoms with Gasteiger partial charge in [-0.05, 0) is 36.0 Å². The van der Waals surface area contributed by atoms with Crippen molar-refractivity contribution in [2.45, 2.75) is 34.6 Å². The topological polar surface area (TPSA) is 55.1 Å². The molecular formula is C15H23BrN2O. The predicted molar refractivity (Wildman–Crippen MR) is 84.2 cm³/mol. The van der Waals surface area contributed by atoms with Gasteiger partial charge in [-0.25, -0.2) is 0 Å². The molecule has 4 heteroatoms. The number of rotatable bonds is 4. The third-order valence-corrected chi connectivity index (χ3v) is 4.38. The molecule has 3 N–H and O–H groups in total. The lowest BCUT2D eigenvalue weighted by atomic mass is 9.81. The van der Waals surface area contributed by atoms with Gasteiger partial charge in [0.1, 0.15) is 0 Å². The smallest absolute Gasteiger partial charge is 0.251 e. The molecular weight excluding hydrogens is 304 g/mol. The number of nitrogen functional groups attached to an aromatic ring is 1. The van der Waals surface area contributed by atoms with E-state index in [1.165, 1.54) is 0 Å². The zero-order valence-corrected chi connectivity index (χ0v) is 13.9. The van der Waals surface area contributed by atoms with Crippen molar-refractivity contribution in [1.82, 2.24) is 5.32 Å². The van der Waals surface area contributed by atoms with Gasteiger partial charge in [0, 0.05) is 22.3 Å². The summed E-state index contributed by atoms with van der Waals surface area (Å²) in [5, 5.41) is 3.00. The number of carbonyl (C=O) groups excluding carboxylic acids is 1. The van der Waals surface area contributed by atoms with Gasteiger partial charge in [-0.2, -0.15) is 0 Å². The number of hydrogen-bond donors (Lipinski definition) is 2. The summed E-state index contributed by atoms with van der Waals surface area (Å²) in [4.78, 5) is 12.3. The minimum Gasteiger partial charge on any atom is -0.398 e. The van der Waals surface area contributed by atoms with Crippen molar-refractivity contribution in [3.8, 4) is 0 Å². The highest BCUT2D eigenvalue weighted by atomic mass is 79.9. The fourth-order valence-corrected chi connectivity index (χ4v) is 2.02. The van der Waals surface area contributed by atoms with E-state index < -0.39 is 0 Å². The summed E-state index contributed by atoms with van der Waals surface area (Å²) < 4.78 is 0.823. The second-order valence-corrected chi connectivity index (χ2v) is 6.91. The zero-order valence-electron chi connectivity index (χ0n) is 12.3. The molecule has 0 saturated heterocycles. The van der Waals surface area contributed by atoms with Crippen LogP contribution in [-0.2, 0) is 0 Å². The lowest BCUT2D eigenvalue weighted by molar-refractivity contribution is 0.0924. The van der Waals surface area contributed by atoms with Gasteiger partial charge in [-0.15, -0.1) is 0 Å². The van der Waals surface area contributed by atoms with Crippen molar-refractivity contribution in [1.29, 1.82) is 0 Å². The SMILES string of the molecule is Cc1c(N)cc(Br)cc1C(=O)NCC(C)(C)C(C)C. The normalized spacial score (nSPS) is 11.7. The number of anilines is 1. The maximum atomic E-state index is 12.3. The summed E-state index contributed by atoms with van der Waals surface area (Å²) in [6.07, 6.45) is 0. The first-order valence-electron chi connectivity index (χ1n) is 6.49. The highest BCUT2D eigenvalue weighted by molar-refractivity contribution is 9.10. The average Bonchev–Trinajstić information content (AvgIpc) is 2.30. The summed E-state index contributed by atoms with van der Waals surface area (Å²) in [6.45, 7) is 11.1. The first kappa shape index (κ1) is 16.0. The molecule has 0 aliphatic rings. The van der Waals surface area contributed by atoms with Crippen LogP contribution in [0, 0.1) is 18.3 Å². The van der Waals surface area contributed by atoms with E-state index in [1.54, 1.807) is 0 Å². The van der Waals surface area contributed by atoms with Gasteiger partial charge in [-0.3, -0.25) is 4.79 Å². The molecule has 0 radical (unpaired) electrons. The van der Waals surface area contributed by atoms with Gasteiger partial charge in [0.2, 0.25) is 0 Å². The molecule has 0 aromatic heterocycles. The Morgan fingerprint density at radius 1 is 1.42 bits per heavy atom. The van der Waals surface area contributed by atoms with Gasteiger partial charge in [0.05, 0.1) is 0 Å². The third-order valence-electron chi connectivity index (χ3n) is 3.92. The first-order valence-corrected chi connectivity index (χ1v) is 7.28. The van der Waals surface area contributed by atoms with Crippen LogP contribution in [0.1, 0.15) is 43.6 Å². The third kappa shape index (κ3) is 3.96. The molecule has 0 aliphatic carbocycles. The number of benzene rings is 1. The van der Waals surface area contributed by atoms with E-state index in [1.807, 2.05) is 19.1 Å². The molecule has 0 unspecified atom stereocenters. The Hall–Kier alpha value is -1.03. The second-order valence-electron chi connectivity index (χ2n) is 5.99. The molecule has 1 rings (SSSR count). The van der Waals surface area contributed by atoms with E-state index in [4.69, 9.17) is 5.73 Å². The van der Waals surface area contributed by atoms with Gasteiger partial charge in [0.25, 0.3) is 5.91 Å². The van der Waals surface area contributed by atoms with E-state index in [0.29, 0.717) is 23.7 Å². The van der Waals surface area contributed by atoms with Crippen molar-refractivity contribution >= 4 is 27.5 Å². The molecule has 0 aliphatic heterocycles. The first-order chi connectivity index (χ1) is 8.65. The number of nitrogens with one attached hydrogen (secondary N) is 1. The zero-order chi connectivity index (χ0) is 14.8. The largest absolute Gasteiger partial charge is 0.398 e. The summed E-state index contributed by atoms with van der Waals surface area (Å²) in [6, 6.07) is 3.62. The molecule has 1 amide bonds. The van der Waals surface area contributed by atoms with E-state index in [2.05, 4.69) is 48.9 Å². The Bertz CT molecular complexity index is 481. The summed E-state index contributed by atoms with van der Waals surface area (Å²) >= 11 is 3.37. The van der Waals surface area contributed by atoms with Crippen molar-refractivity contribution in [2.24, 2.45) is 11.3 Å². The number of halogens is 1. The van der Waals surface area contributed by atoms with Crippen LogP contribution in [0.5, 0.6) is 0 Å². The Morgan fingerprint density at radius 3 is 2.53 bits per heavy atom. The molecule has 3 nitrogen and oxygen atoms in total. The van der Waals surface area contributed by atoms with E-state index in [0.717, 1.165) is 10.0 Å². The highest BCUT2D eigenvalue weighted by Gasteiger charge is 2.23. The van der Waals surface area contributed by atoms with Crippen LogP contribution in [0.2, 0.25) is 0 Å². The molecule has 0 atom stereocenters. The van der Waals surface area contributed by atoms with Gasteiger partial charge in [0.15, 0.2) is 0 Å². The fourth-order valence-electron chi connectivity index (χ4n) is 1.54. The second kappa shape index (κ2) is 5.95. The van der Waals surface area contributed by atoms with Crippen molar-refractivity contribution in [3.05, 3.63) is 27.7 Å². The van der Waals surface area contributed by atoms with Crippen LogP contribution < -0.4 is 11.1 Å². The standard InChI is InChI=1S/C15H23BrN2O/c1-9(2)15(4,5)8-18-14(19)12-6-11(16)7-13(17)10(12)3/h6-7,9H,8,17H2,1-5H3,(H,18,19). The Morgan fingerprint density at radius 2 is 2.00 bits per heavy atom. The highest BCUT2D eigenvalue weighted by Crippen LogP contribution is 2.26. The summed E-state index contributed by atoms with van der Waals surface area (Å²) in [7, 11) is 0. The Labute approximate surface area is 124 Å². The maximum Gasteiger partial charge on any atom is 0.251 e. The van der Waals surface area contributed by atoms with E-state index >= 15 is 0 Å². The van der Waals surface area contributed by atoms with Crippen LogP contribution in [-0.4, -0.2) is 12.5 Å². The van der Waals surface area contributed by atoms with Crippen molar-refractivity contribution < 1.29 is 4.79 Å². The average molecular weight is 327 g/mol. The Kier molecular flexibility index (Phi) is 5.02. The number of carbonyl (C=O) groups is 1. The monoisotopic (exact) mass is 326 g/mol. The van der Waals surface area contributed by atoms with E-state index in [9.17, 15) is 4.79 Å². The molecule has 106 valence electrons. The molecule has 1 aromatic carbocycles. The minimum absolute atomic E-state index is 0.0702. The molecule has 19 heavy (non-hydrogen) atoms. The summed E-state index contributed by atoms with van der Waals surface area (Å²) in [5.41, 5.74) is 8.03. The molecule has 0 fully saturated rings. The van der Waals surface area contributed by atoms with Crippen molar-refractivity contribution in [3.63, 3.8) is 0 Å². The van der Waals surface area contributed by atoms with Crippen LogP contribution in [0.25, 0.3) is 0 Å². The number of hydrogen-bond acceptors (Lipinski definition) is 2. The van der Waals surface area contributed by atoms with Crippen LogP contribution >= 0.6 is 15.9 Å². The molecule has 0 spiro atoms. The number of nitrogens with two attached hydrogens (primary N) is 1.